The summed E-state index contributed by atoms with van der Waals surface area (Å²) < 4.78 is 33.3. The van der Waals surface area contributed by atoms with Crippen LogP contribution in [-0.4, -0.2) is 41.8 Å². The summed E-state index contributed by atoms with van der Waals surface area (Å²) in [5.41, 5.74) is 0.596. The second kappa shape index (κ2) is 9.11. The number of aromatic nitrogens is 3. The Hall–Kier alpha value is -2.52. The van der Waals surface area contributed by atoms with Gasteiger partial charge < -0.3 is 9.30 Å². The standard InChI is InChI=1S/C19H22N4O3S2/c1-22-18(15-23(28(2,24)25)16-9-5-3-6-10-16)20-21-19(22)27-14-13-26-17-11-7-4-8-12-17/h3-12H,13-15H2,1-2H3. The van der Waals surface area contributed by atoms with Gasteiger partial charge in [-0.05, 0) is 24.3 Å². The van der Waals surface area contributed by atoms with Crippen LogP contribution in [0.15, 0.2) is 65.8 Å². The molecule has 0 atom stereocenters. The average molecular weight is 419 g/mol. The molecule has 0 radical (unpaired) electrons. The molecule has 0 N–H and O–H groups in total. The first-order valence-electron chi connectivity index (χ1n) is 8.67. The van der Waals surface area contributed by atoms with Crippen LogP contribution in [0, 0.1) is 0 Å². The molecule has 3 aromatic rings. The number of sulfonamides is 1. The maximum atomic E-state index is 12.2. The summed E-state index contributed by atoms with van der Waals surface area (Å²) in [6, 6.07) is 18.6. The summed E-state index contributed by atoms with van der Waals surface area (Å²) in [5.74, 6) is 2.10. The lowest BCUT2D eigenvalue weighted by Gasteiger charge is -2.21. The number of benzene rings is 2. The molecule has 0 aliphatic rings. The Bertz CT molecular complexity index is 993. The molecule has 0 aliphatic carbocycles. The number of para-hydroxylation sites is 2. The van der Waals surface area contributed by atoms with E-state index in [9.17, 15) is 8.42 Å². The Morgan fingerprint density at radius 2 is 1.68 bits per heavy atom. The first-order chi connectivity index (χ1) is 13.4. The lowest BCUT2D eigenvalue weighted by atomic mass is 10.3. The van der Waals surface area contributed by atoms with Crippen molar-refractivity contribution in [2.24, 2.45) is 7.05 Å². The molecule has 2 aromatic carbocycles. The Balaban J connectivity index is 1.63. The molecule has 1 aromatic heterocycles. The van der Waals surface area contributed by atoms with Gasteiger partial charge in [-0.15, -0.1) is 10.2 Å². The van der Waals surface area contributed by atoms with E-state index in [0.29, 0.717) is 29.0 Å². The van der Waals surface area contributed by atoms with Gasteiger partial charge in [0.15, 0.2) is 11.0 Å². The van der Waals surface area contributed by atoms with Crippen LogP contribution in [0.5, 0.6) is 5.75 Å². The zero-order valence-electron chi connectivity index (χ0n) is 15.7. The van der Waals surface area contributed by atoms with Crippen LogP contribution in [-0.2, 0) is 23.6 Å². The molecule has 148 valence electrons. The van der Waals surface area contributed by atoms with Crippen LogP contribution < -0.4 is 9.04 Å². The van der Waals surface area contributed by atoms with Gasteiger partial charge in [-0.1, -0.05) is 48.2 Å². The molecule has 1 heterocycles. The van der Waals surface area contributed by atoms with E-state index >= 15 is 0 Å². The minimum atomic E-state index is -3.45. The summed E-state index contributed by atoms with van der Waals surface area (Å²) in [6.07, 6.45) is 1.19. The molecule has 0 spiro atoms. The normalized spacial score (nSPS) is 11.4. The summed E-state index contributed by atoms with van der Waals surface area (Å²) in [6.45, 7) is 0.657. The fourth-order valence-electron chi connectivity index (χ4n) is 2.54. The number of hydrogen-bond donors (Lipinski definition) is 0. The van der Waals surface area contributed by atoms with Crippen molar-refractivity contribution < 1.29 is 13.2 Å². The van der Waals surface area contributed by atoms with Crippen LogP contribution >= 0.6 is 11.8 Å². The van der Waals surface area contributed by atoms with Crippen molar-refractivity contribution in [3.63, 3.8) is 0 Å². The highest BCUT2D eigenvalue weighted by Crippen LogP contribution is 2.22. The van der Waals surface area contributed by atoms with Crippen molar-refractivity contribution in [3.8, 4) is 5.75 Å². The third-order valence-corrected chi connectivity index (χ3v) is 6.11. The third kappa shape index (κ3) is 5.26. The Kier molecular flexibility index (Phi) is 6.58. The predicted molar refractivity (Wildman–Crippen MR) is 111 cm³/mol. The van der Waals surface area contributed by atoms with Gasteiger partial charge in [0, 0.05) is 12.8 Å². The quantitative estimate of drug-likeness (QED) is 0.393. The van der Waals surface area contributed by atoms with Gasteiger partial charge in [-0.25, -0.2) is 8.42 Å². The predicted octanol–water partition coefficient (Wildman–Crippen LogP) is 2.95. The fraction of sp³-hybridized carbons (Fsp3) is 0.263. The first kappa shape index (κ1) is 20.2. The Morgan fingerprint density at radius 3 is 2.32 bits per heavy atom. The molecule has 28 heavy (non-hydrogen) atoms. The van der Waals surface area contributed by atoms with Crippen molar-refractivity contribution in [1.29, 1.82) is 0 Å². The summed E-state index contributed by atoms with van der Waals surface area (Å²) in [5, 5.41) is 9.08. The van der Waals surface area contributed by atoms with E-state index in [2.05, 4.69) is 10.2 Å². The van der Waals surface area contributed by atoms with E-state index in [4.69, 9.17) is 4.74 Å². The summed E-state index contributed by atoms with van der Waals surface area (Å²) in [7, 11) is -1.62. The van der Waals surface area contributed by atoms with Crippen molar-refractivity contribution in [2.75, 3.05) is 22.9 Å². The smallest absolute Gasteiger partial charge is 0.232 e. The van der Waals surface area contributed by atoms with Gasteiger partial charge in [-0.3, -0.25) is 4.31 Å². The molecule has 0 saturated heterocycles. The van der Waals surface area contributed by atoms with Crippen molar-refractivity contribution in [1.82, 2.24) is 14.8 Å². The second-order valence-electron chi connectivity index (χ2n) is 6.07. The fourth-order valence-corrected chi connectivity index (χ4v) is 4.14. The second-order valence-corrected chi connectivity index (χ2v) is 9.04. The maximum Gasteiger partial charge on any atom is 0.232 e. The average Bonchev–Trinajstić information content (AvgIpc) is 3.03. The molecule has 0 unspecified atom stereocenters. The minimum Gasteiger partial charge on any atom is -0.493 e. The molecule has 0 fully saturated rings. The molecule has 3 rings (SSSR count). The number of nitrogens with zero attached hydrogens (tertiary/aromatic N) is 4. The van der Waals surface area contributed by atoms with Crippen LogP contribution in [0.3, 0.4) is 0 Å². The van der Waals surface area contributed by atoms with E-state index in [0.717, 1.165) is 5.75 Å². The Labute approximate surface area is 169 Å². The number of anilines is 1. The first-order valence-corrected chi connectivity index (χ1v) is 11.5. The van der Waals surface area contributed by atoms with Gasteiger partial charge in [-0.2, -0.15) is 0 Å². The van der Waals surface area contributed by atoms with E-state index in [1.807, 2.05) is 48.0 Å². The monoisotopic (exact) mass is 418 g/mol. The van der Waals surface area contributed by atoms with Crippen molar-refractivity contribution in [2.45, 2.75) is 11.7 Å². The molecule has 9 heteroatoms. The van der Waals surface area contributed by atoms with Gasteiger partial charge in [0.2, 0.25) is 10.0 Å². The van der Waals surface area contributed by atoms with E-state index in [1.54, 1.807) is 24.3 Å². The molecule has 0 bridgehead atoms. The summed E-state index contributed by atoms with van der Waals surface area (Å²) in [4.78, 5) is 0. The topological polar surface area (TPSA) is 77.3 Å². The molecular weight excluding hydrogens is 396 g/mol. The van der Waals surface area contributed by atoms with Gasteiger partial charge >= 0.3 is 0 Å². The third-order valence-electron chi connectivity index (χ3n) is 3.98. The summed E-state index contributed by atoms with van der Waals surface area (Å²) >= 11 is 1.51. The molecular formula is C19H22N4O3S2. The number of ether oxygens (including phenoxy) is 1. The lowest BCUT2D eigenvalue weighted by molar-refractivity contribution is 0.344. The van der Waals surface area contributed by atoms with Crippen LogP contribution in [0.1, 0.15) is 5.82 Å². The molecule has 0 aliphatic heterocycles. The number of rotatable bonds is 9. The van der Waals surface area contributed by atoms with Crippen molar-refractivity contribution in [3.05, 3.63) is 66.5 Å². The van der Waals surface area contributed by atoms with Crippen LogP contribution in [0.25, 0.3) is 0 Å². The van der Waals surface area contributed by atoms with E-state index in [-0.39, 0.29) is 6.54 Å². The highest BCUT2D eigenvalue weighted by Gasteiger charge is 2.21. The van der Waals surface area contributed by atoms with E-state index < -0.39 is 10.0 Å². The van der Waals surface area contributed by atoms with Crippen molar-refractivity contribution >= 4 is 27.5 Å². The minimum absolute atomic E-state index is 0.118. The number of hydrogen-bond acceptors (Lipinski definition) is 6. The molecule has 7 nitrogen and oxygen atoms in total. The molecule has 0 amide bonds. The van der Waals surface area contributed by atoms with Gasteiger partial charge in [0.05, 0.1) is 25.1 Å². The highest BCUT2D eigenvalue weighted by atomic mass is 32.2. The van der Waals surface area contributed by atoms with Gasteiger partial charge in [0.1, 0.15) is 5.75 Å². The highest BCUT2D eigenvalue weighted by molar-refractivity contribution is 7.99. The largest absolute Gasteiger partial charge is 0.493 e. The number of thioether (sulfide) groups is 1. The Morgan fingerprint density at radius 1 is 1.04 bits per heavy atom. The van der Waals surface area contributed by atoms with Crippen LogP contribution in [0.4, 0.5) is 5.69 Å². The zero-order chi connectivity index (χ0) is 20.0. The molecule has 0 saturated carbocycles. The maximum absolute atomic E-state index is 12.2. The zero-order valence-corrected chi connectivity index (χ0v) is 17.4. The van der Waals surface area contributed by atoms with E-state index in [1.165, 1.54) is 22.3 Å². The lowest BCUT2D eigenvalue weighted by Crippen LogP contribution is -2.30. The van der Waals surface area contributed by atoms with Gasteiger partial charge in [0.25, 0.3) is 0 Å². The SMILES string of the molecule is Cn1c(CN(c2ccccc2)S(C)(=O)=O)nnc1SCCOc1ccccc1. The van der Waals surface area contributed by atoms with Crippen LogP contribution in [0.2, 0.25) is 0 Å².